The summed E-state index contributed by atoms with van der Waals surface area (Å²) in [6.45, 7) is 2.45. The molecule has 0 saturated heterocycles. The average molecular weight is 385 g/mol. The van der Waals surface area contributed by atoms with Crippen LogP contribution in [0.3, 0.4) is 0 Å². The van der Waals surface area contributed by atoms with E-state index in [1.54, 1.807) is 19.2 Å². The largest absolute Gasteiger partial charge is 0.356 e. The Labute approximate surface area is 165 Å². The molecular formula is C21H29FN6. The highest BCUT2D eigenvalue weighted by molar-refractivity contribution is 5.79. The molecule has 1 saturated carbocycles. The molecule has 1 aromatic carbocycles. The fourth-order valence-corrected chi connectivity index (χ4v) is 4.08. The summed E-state index contributed by atoms with van der Waals surface area (Å²) >= 11 is 0. The Morgan fingerprint density at radius 1 is 1.18 bits per heavy atom. The molecule has 6 nitrogen and oxygen atoms in total. The van der Waals surface area contributed by atoms with Gasteiger partial charge in [-0.25, -0.2) is 4.39 Å². The summed E-state index contributed by atoms with van der Waals surface area (Å²) in [5.41, 5.74) is 0.705. The van der Waals surface area contributed by atoms with Crippen molar-refractivity contribution in [1.82, 2.24) is 25.4 Å². The zero-order chi connectivity index (χ0) is 19.4. The number of fused-ring (bicyclic) bond motifs is 1. The van der Waals surface area contributed by atoms with Gasteiger partial charge in [0.15, 0.2) is 5.96 Å². The van der Waals surface area contributed by atoms with Crippen molar-refractivity contribution in [2.75, 3.05) is 20.1 Å². The first-order valence-corrected chi connectivity index (χ1v) is 10.3. The topological polar surface area (TPSA) is 67.1 Å². The van der Waals surface area contributed by atoms with E-state index >= 15 is 0 Å². The molecule has 28 heavy (non-hydrogen) atoms. The molecular weight excluding hydrogens is 355 g/mol. The summed E-state index contributed by atoms with van der Waals surface area (Å²) < 4.78 is 16.4. The molecule has 1 aliphatic carbocycles. The highest BCUT2D eigenvalue weighted by Crippen LogP contribution is 2.48. The van der Waals surface area contributed by atoms with Crippen LogP contribution in [-0.4, -0.2) is 40.9 Å². The highest BCUT2D eigenvalue weighted by atomic mass is 19.1. The number of hydrogen-bond acceptors (Lipinski definition) is 3. The Morgan fingerprint density at radius 3 is 2.82 bits per heavy atom. The van der Waals surface area contributed by atoms with Crippen LogP contribution in [0.15, 0.2) is 29.3 Å². The van der Waals surface area contributed by atoms with Crippen LogP contribution in [0.4, 0.5) is 4.39 Å². The summed E-state index contributed by atoms with van der Waals surface area (Å²) in [7, 11) is 1.76. The van der Waals surface area contributed by atoms with E-state index in [2.05, 4.69) is 30.4 Å². The molecule has 2 aliphatic rings. The maximum absolute atomic E-state index is 14.2. The predicted octanol–water partition coefficient (Wildman–Crippen LogP) is 2.58. The summed E-state index contributed by atoms with van der Waals surface area (Å²) in [5, 5.41) is 15.5. The zero-order valence-corrected chi connectivity index (χ0v) is 16.5. The van der Waals surface area contributed by atoms with Crippen molar-refractivity contribution < 1.29 is 4.39 Å². The van der Waals surface area contributed by atoms with E-state index < -0.39 is 0 Å². The standard InChI is InChI=1S/C21H29FN6/c1-23-20(25-15-21(11-12-21)16-7-4-5-8-17(16)22)24-13-10-19-27-26-18-9-3-2-6-14-28(18)19/h4-5,7-8H,2-3,6,9-15H2,1H3,(H2,23,24,25). The molecule has 2 aromatic rings. The van der Waals surface area contributed by atoms with Gasteiger partial charge in [0.2, 0.25) is 0 Å². The number of benzene rings is 1. The van der Waals surface area contributed by atoms with Crippen LogP contribution in [-0.2, 0) is 24.8 Å². The van der Waals surface area contributed by atoms with E-state index in [9.17, 15) is 4.39 Å². The van der Waals surface area contributed by atoms with E-state index in [1.807, 2.05) is 12.1 Å². The first kappa shape index (κ1) is 18.9. The number of hydrogen-bond donors (Lipinski definition) is 2. The van der Waals surface area contributed by atoms with Gasteiger partial charge in [-0.1, -0.05) is 24.6 Å². The van der Waals surface area contributed by atoms with Crippen molar-refractivity contribution in [2.24, 2.45) is 4.99 Å². The number of guanidine groups is 1. The maximum atomic E-state index is 14.2. The SMILES string of the molecule is CN=C(NCCc1nnc2n1CCCCC2)NCC1(c2ccccc2F)CC1. The molecule has 0 amide bonds. The maximum Gasteiger partial charge on any atom is 0.191 e. The third-order valence-electron chi connectivity index (χ3n) is 5.94. The van der Waals surface area contributed by atoms with Crippen molar-refractivity contribution in [2.45, 2.75) is 56.9 Å². The van der Waals surface area contributed by atoms with Crippen molar-refractivity contribution in [1.29, 1.82) is 0 Å². The number of aromatic nitrogens is 3. The predicted molar refractivity (Wildman–Crippen MR) is 108 cm³/mol. The van der Waals surface area contributed by atoms with Gasteiger partial charge in [0.25, 0.3) is 0 Å². The second kappa shape index (κ2) is 8.29. The Kier molecular flexibility index (Phi) is 5.59. The van der Waals surface area contributed by atoms with Gasteiger partial charge in [-0.15, -0.1) is 10.2 Å². The lowest BCUT2D eigenvalue weighted by atomic mass is 9.95. The van der Waals surface area contributed by atoms with Crippen LogP contribution in [0, 0.1) is 5.82 Å². The van der Waals surface area contributed by atoms with Crippen LogP contribution in [0.25, 0.3) is 0 Å². The Bertz CT molecular complexity index is 839. The third-order valence-corrected chi connectivity index (χ3v) is 5.94. The molecule has 1 fully saturated rings. The van der Waals surface area contributed by atoms with Gasteiger partial charge < -0.3 is 15.2 Å². The van der Waals surface area contributed by atoms with Crippen LogP contribution in [0.5, 0.6) is 0 Å². The van der Waals surface area contributed by atoms with Gasteiger partial charge >= 0.3 is 0 Å². The van der Waals surface area contributed by atoms with Crippen molar-refractivity contribution >= 4 is 5.96 Å². The summed E-state index contributed by atoms with van der Waals surface area (Å²) in [5.74, 6) is 2.80. The van der Waals surface area contributed by atoms with Crippen LogP contribution in [0.1, 0.15) is 49.3 Å². The smallest absolute Gasteiger partial charge is 0.191 e. The Balaban J connectivity index is 1.29. The minimum Gasteiger partial charge on any atom is -0.356 e. The number of aryl methyl sites for hydroxylation is 1. The summed E-state index contributed by atoms with van der Waals surface area (Å²) in [4.78, 5) is 4.31. The molecule has 1 aliphatic heterocycles. The molecule has 150 valence electrons. The molecule has 1 aromatic heterocycles. The third kappa shape index (κ3) is 4.03. The molecule has 0 unspecified atom stereocenters. The average Bonchev–Trinajstić information content (AvgIpc) is 3.46. The second-order valence-corrected chi connectivity index (χ2v) is 7.86. The molecule has 0 bridgehead atoms. The van der Waals surface area contributed by atoms with E-state index in [4.69, 9.17) is 0 Å². The number of nitrogens with one attached hydrogen (secondary N) is 2. The van der Waals surface area contributed by atoms with E-state index in [0.29, 0.717) is 6.54 Å². The minimum atomic E-state index is -0.114. The molecule has 4 rings (SSSR count). The van der Waals surface area contributed by atoms with Gasteiger partial charge in [0.1, 0.15) is 17.5 Å². The van der Waals surface area contributed by atoms with E-state index in [0.717, 1.165) is 61.9 Å². The Morgan fingerprint density at radius 2 is 2.04 bits per heavy atom. The van der Waals surface area contributed by atoms with Crippen LogP contribution >= 0.6 is 0 Å². The van der Waals surface area contributed by atoms with Crippen molar-refractivity contribution in [3.63, 3.8) is 0 Å². The van der Waals surface area contributed by atoms with E-state index in [-0.39, 0.29) is 11.2 Å². The number of aliphatic imine (C=N–C) groups is 1. The lowest BCUT2D eigenvalue weighted by Gasteiger charge is -2.19. The number of rotatable bonds is 6. The minimum absolute atomic E-state index is 0.104. The van der Waals surface area contributed by atoms with Crippen LogP contribution in [0.2, 0.25) is 0 Å². The van der Waals surface area contributed by atoms with Crippen molar-refractivity contribution in [3.8, 4) is 0 Å². The second-order valence-electron chi connectivity index (χ2n) is 7.86. The Hall–Kier alpha value is -2.44. The fraction of sp³-hybridized carbons (Fsp3) is 0.571. The quantitative estimate of drug-likeness (QED) is 0.593. The monoisotopic (exact) mass is 384 g/mol. The number of nitrogens with zero attached hydrogens (tertiary/aromatic N) is 4. The molecule has 0 radical (unpaired) electrons. The van der Waals surface area contributed by atoms with Crippen molar-refractivity contribution in [3.05, 3.63) is 47.3 Å². The first-order valence-electron chi connectivity index (χ1n) is 10.3. The molecule has 2 N–H and O–H groups in total. The molecule has 7 heteroatoms. The normalized spacial score (nSPS) is 18.3. The highest BCUT2D eigenvalue weighted by Gasteiger charge is 2.45. The van der Waals surface area contributed by atoms with Gasteiger partial charge in [0, 0.05) is 44.9 Å². The number of halogens is 1. The van der Waals surface area contributed by atoms with E-state index in [1.165, 1.54) is 19.3 Å². The first-order chi connectivity index (χ1) is 13.7. The summed E-state index contributed by atoms with van der Waals surface area (Å²) in [6, 6.07) is 7.10. The molecule has 2 heterocycles. The van der Waals surface area contributed by atoms with Crippen LogP contribution < -0.4 is 10.6 Å². The fourth-order valence-electron chi connectivity index (χ4n) is 4.08. The lowest BCUT2D eigenvalue weighted by Crippen LogP contribution is -2.42. The summed E-state index contributed by atoms with van der Waals surface area (Å²) in [6.07, 6.45) is 7.52. The van der Waals surface area contributed by atoms with Gasteiger partial charge in [-0.3, -0.25) is 4.99 Å². The zero-order valence-electron chi connectivity index (χ0n) is 16.5. The van der Waals surface area contributed by atoms with Gasteiger partial charge in [-0.2, -0.15) is 0 Å². The lowest BCUT2D eigenvalue weighted by molar-refractivity contribution is 0.559. The molecule has 0 spiro atoms. The van der Waals surface area contributed by atoms with Gasteiger partial charge in [0.05, 0.1) is 0 Å². The molecule has 0 atom stereocenters. The van der Waals surface area contributed by atoms with Gasteiger partial charge in [-0.05, 0) is 37.3 Å².